The molecule has 0 saturated heterocycles. The highest BCUT2D eigenvalue weighted by Gasteiger charge is 2.26. The zero-order valence-electron chi connectivity index (χ0n) is 23.0. The van der Waals surface area contributed by atoms with Gasteiger partial charge >= 0.3 is 0 Å². The topological polar surface area (TPSA) is 0 Å². The Morgan fingerprint density at radius 1 is 0.395 bits per heavy atom. The molecule has 0 amide bonds. The van der Waals surface area contributed by atoms with Crippen molar-refractivity contribution in [3.63, 3.8) is 0 Å². The molecule has 7 aromatic carbocycles. The third-order valence-corrected chi connectivity index (χ3v) is 9.12. The van der Waals surface area contributed by atoms with E-state index in [9.17, 15) is 0 Å². The maximum atomic E-state index is 2.48. The van der Waals surface area contributed by atoms with Crippen LogP contribution in [0.5, 0.6) is 0 Å². The summed E-state index contributed by atoms with van der Waals surface area (Å²) < 4.78 is 0. The molecule has 0 aliphatic rings. The number of benzene rings is 5. The molecular weight excluding hydrogens is 456 g/mol. The SMILES string of the molecule is CCCCCCc1c2c3cc4ccccc4cc3c2c(CCCCCC)c2c3cc4ccccc4cc3c12. The molecule has 0 heterocycles. The molecule has 0 aliphatic carbocycles. The van der Waals surface area contributed by atoms with Crippen LogP contribution in [0.4, 0.5) is 0 Å². The van der Waals surface area contributed by atoms with Crippen LogP contribution >= 0.6 is 0 Å². The first-order valence-corrected chi connectivity index (χ1v) is 15.1. The normalized spacial score (nSPS) is 12.5. The molecule has 7 rings (SSSR count). The minimum Gasteiger partial charge on any atom is -0.0654 e. The molecule has 0 spiro atoms. The van der Waals surface area contributed by atoms with E-state index < -0.39 is 0 Å². The summed E-state index contributed by atoms with van der Waals surface area (Å²) in [5.74, 6) is 0. The summed E-state index contributed by atoms with van der Waals surface area (Å²) in [5, 5.41) is 17.8. The van der Waals surface area contributed by atoms with Crippen molar-refractivity contribution < 1.29 is 0 Å². The predicted octanol–water partition coefficient (Wildman–Crippen LogP) is 11.7. The summed E-state index contributed by atoms with van der Waals surface area (Å²) in [7, 11) is 0. The number of fused-ring (bicyclic) bond motifs is 10. The van der Waals surface area contributed by atoms with Gasteiger partial charge in [0.25, 0.3) is 0 Å². The fraction of sp³-hybridized carbons (Fsp3) is 0.316. The molecule has 0 fully saturated rings. The quantitative estimate of drug-likeness (QED) is 0.166. The maximum absolute atomic E-state index is 2.48. The Kier molecular flexibility index (Phi) is 6.08. The first kappa shape index (κ1) is 23.7. The lowest BCUT2D eigenvalue weighted by atomic mass is 9.75. The van der Waals surface area contributed by atoms with E-state index in [2.05, 4.69) is 86.6 Å². The molecule has 0 heteroatoms. The summed E-state index contributed by atoms with van der Waals surface area (Å²) in [6.07, 6.45) is 12.9. The fourth-order valence-electron chi connectivity index (χ4n) is 7.18. The Balaban J connectivity index is 1.53. The maximum Gasteiger partial charge on any atom is -0.00572 e. The van der Waals surface area contributed by atoms with Crippen LogP contribution in [-0.2, 0) is 12.8 Å². The van der Waals surface area contributed by atoms with Crippen molar-refractivity contribution in [3.05, 3.63) is 83.9 Å². The molecule has 38 heavy (non-hydrogen) atoms. The molecule has 0 N–H and O–H groups in total. The van der Waals surface area contributed by atoms with E-state index in [-0.39, 0.29) is 0 Å². The zero-order chi connectivity index (χ0) is 25.6. The van der Waals surface area contributed by atoms with E-state index in [1.54, 1.807) is 32.7 Å². The van der Waals surface area contributed by atoms with Gasteiger partial charge in [0.15, 0.2) is 0 Å². The van der Waals surface area contributed by atoms with Crippen molar-refractivity contribution in [1.29, 1.82) is 0 Å². The standard InChI is InChI=1S/C38H38/c1-3-5-7-9-19-29-35-31-21-25-15-11-13-17-27(25)23-33(31)37(35)30(20-10-8-6-4-2)38-34-24-28-18-14-12-16-26(28)22-32(34)36(29)38/h11-18,21-24H,3-10,19-20H2,1-2H3. The van der Waals surface area contributed by atoms with Crippen LogP contribution in [0.1, 0.15) is 76.3 Å². The van der Waals surface area contributed by atoms with Crippen LogP contribution in [0.25, 0.3) is 64.6 Å². The molecule has 0 saturated carbocycles. The molecule has 0 nitrogen and oxygen atoms in total. The van der Waals surface area contributed by atoms with Crippen molar-refractivity contribution >= 4 is 64.6 Å². The van der Waals surface area contributed by atoms with Crippen LogP contribution in [0, 0.1) is 0 Å². The van der Waals surface area contributed by atoms with E-state index in [1.807, 2.05) is 0 Å². The Bertz CT molecular complexity index is 1620. The molecule has 0 atom stereocenters. The van der Waals surface area contributed by atoms with Crippen LogP contribution in [-0.4, -0.2) is 0 Å². The molecule has 0 unspecified atom stereocenters. The Morgan fingerprint density at radius 2 is 0.711 bits per heavy atom. The van der Waals surface area contributed by atoms with Gasteiger partial charge in [-0.15, -0.1) is 0 Å². The van der Waals surface area contributed by atoms with Crippen LogP contribution < -0.4 is 0 Å². The van der Waals surface area contributed by atoms with Gasteiger partial charge in [0.2, 0.25) is 0 Å². The third-order valence-electron chi connectivity index (χ3n) is 9.12. The van der Waals surface area contributed by atoms with Gasteiger partial charge in [-0.3, -0.25) is 0 Å². The summed E-state index contributed by atoms with van der Waals surface area (Å²) in [4.78, 5) is 0. The van der Waals surface area contributed by atoms with E-state index in [0.717, 1.165) is 0 Å². The summed E-state index contributed by atoms with van der Waals surface area (Å²) in [6.45, 7) is 4.63. The molecule has 7 aromatic rings. The van der Waals surface area contributed by atoms with Crippen molar-refractivity contribution in [2.45, 2.75) is 78.1 Å². The van der Waals surface area contributed by atoms with E-state index >= 15 is 0 Å². The Labute approximate surface area is 226 Å². The van der Waals surface area contributed by atoms with Crippen LogP contribution in [0.3, 0.4) is 0 Å². The number of unbranched alkanes of at least 4 members (excludes halogenated alkanes) is 6. The van der Waals surface area contributed by atoms with Gasteiger partial charge < -0.3 is 0 Å². The smallest absolute Gasteiger partial charge is 0.00572 e. The minimum absolute atomic E-state index is 1.19. The molecule has 0 aromatic heterocycles. The minimum atomic E-state index is 1.19. The second kappa shape index (κ2) is 9.73. The van der Waals surface area contributed by atoms with Gasteiger partial charge in [-0.05, 0) is 126 Å². The van der Waals surface area contributed by atoms with Crippen LogP contribution in [0.2, 0.25) is 0 Å². The summed E-state index contributed by atoms with van der Waals surface area (Å²) in [6, 6.07) is 27.8. The molecular formula is C38H38. The van der Waals surface area contributed by atoms with Crippen molar-refractivity contribution in [2.75, 3.05) is 0 Å². The monoisotopic (exact) mass is 494 g/mol. The van der Waals surface area contributed by atoms with Crippen molar-refractivity contribution in [1.82, 2.24) is 0 Å². The van der Waals surface area contributed by atoms with Crippen molar-refractivity contribution in [2.24, 2.45) is 0 Å². The second-order valence-electron chi connectivity index (χ2n) is 11.6. The average Bonchev–Trinajstić information content (AvgIpc) is 2.94. The highest BCUT2D eigenvalue weighted by Crippen LogP contribution is 2.52. The number of aryl methyl sites for hydroxylation is 2. The van der Waals surface area contributed by atoms with E-state index in [1.165, 1.54) is 107 Å². The largest absolute Gasteiger partial charge is 0.0654 e. The van der Waals surface area contributed by atoms with E-state index in [4.69, 9.17) is 0 Å². The fourth-order valence-corrected chi connectivity index (χ4v) is 7.18. The average molecular weight is 495 g/mol. The lowest BCUT2D eigenvalue weighted by Gasteiger charge is -2.28. The van der Waals surface area contributed by atoms with Gasteiger partial charge in [-0.1, -0.05) is 101 Å². The Morgan fingerprint density at radius 3 is 1.00 bits per heavy atom. The number of hydrogen-bond donors (Lipinski definition) is 0. The Hall–Kier alpha value is -3.38. The molecule has 190 valence electrons. The number of hydrogen-bond acceptors (Lipinski definition) is 0. The molecule has 0 radical (unpaired) electrons. The lowest BCUT2D eigenvalue weighted by molar-refractivity contribution is 0.668. The lowest BCUT2D eigenvalue weighted by Crippen LogP contribution is -2.04. The predicted molar refractivity (Wildman–Crippen MR) is 170 cm³/mol. The highest BCUT2D eigenvalue weighted by molar-refractivity contribution is 6.40. The first-order valence-electron chi connectivity index (χ1n) is 15.1. The third kappa shape index (κ3) is 3.64. The zero-order valence-corrected chi connectivity index (χ0v) is 23.0. The van der Waals surface area contributed by atoms with Gasteiger partial charge in [-0.2, -0.15) is 0 Å². The summed E-state index contributed by atoms with van der Waals surface area (Å²) in [5.41, 5.74) is 3.27. The first-order chi connectivity index (χ1) is 18.8. The second-order valence-corrected chi connectivity index (χ2v) is 11.6. The molecule has 0 aliphatic heterocycles. The van der Waals surface area contributed by atoms with Crippen LogP contribution in [0.15, 0.2) is 72.8 Å². The number of rotatable bonds is 10. The highest BCUT2D eigenvalue weighted by atomic mass is 14.3. The van der Waals surface area contributed by atoms with Gasteiger partial charge in [-0.25, -0.2) is 0 Å². The van der Waals surface area contributed by atoms with Gasteiger partial charge in [0, 0.05) is 0 Å². The molecule has 0 bridgehead atoms. The van der Waals surface area contributed by atoms with Crippen molar-refractivity contribution in [3.8, 4) is 0 Å². The summed E-state index contributed by atoms with van der Waals surface area (Å²) >= 11 is 0. The van der Waals surface area contributed by atoms with E-state index in [0.29, 0.717) is 0 Å². The van der Waals surface area contributed by atoms with Gasteiger partial charge in [0.05, 0.1) is 0 Å². The van der Waals surface area contributed by atoms with Gasteiger partial charge in [0.1, 0.15) is 0 Å².